The third-order valence-electron chi connectivity index (χ3n) is 5.96. The number of esters is 1. The van der Waals surface area contributed by atoms with Gasteiger partial charge in [0.25, 0.3) is 0 Å². The number of benzene rings is 1. The number of likely N-dealkylation sites (tertiary alicyclic amines) is 1. The van der Waals surface area contributed by atoms with E-state index in [0.29, 0.717) is 26.1 Å². The topological polar surface area (TPSA) is 76.2 Å². The van der Waals surface area contributed by atoms with Crippen LogP contribution in [0.2, 0.25) is 0 Å². The molecule has 0 spiro atoms. The molecule has 0 radical (unpaired) electrons. The molecule has 0 aliphatic carbocycles. The molecule has 1 aromatic carbocycles. The number of hydrogen-bond donors (Lipinski definition) is 0. The van der Waals surface area contributed by atoms with E-state index in [-0.39, 0.29) is 18.4 Å². The highest BCUT2D eigenvalue weighted by molar-refractivity contribution is 7.88. The minimum absolute atomic E-state index is 0.0676. The fraction of sp³-hybridized carbons (Fsp3) is 0.650. The highest BCUT2D eigenvalue weighted by Gasteiger charge is 2.55. The van der Waals surface area contributed by atoms with E-state index in [9.17, 15) is 13.2 Å². The number of methoxy groups -OCH3 is 1. The number of ether oxygens (including phenoxy) is 2. The second-order valence-electron chi connectivity index (χ2n) is 7.82. The Kier molecular flexibility index (Phi) is 6.31. The van der Waals surface area contributed by atoms with Crippen molar-refractivity contribution in [3.8, 4) is 5.75 Å². The molecule has 1 aromatic rings. The predicted octanol–water partition coefficient (Wildman–Crippen LogP) is 1.73. The van der Waals surface area contributed by atoms with Crippen molar-refractivity contribution in [1.82, 2.24) is 9.21 Å². The zero-order valence-electron chi connectivity index (χ0n) is 16.9. The Morgan fingerprint density at radius 3 is 2.57 bits per heavy atom. The molecule has 7 nitrogen and oxygen atoms in total. The Morgan fingerprint density at radius 2 is 1.96 bits per heavy atom. The molecule has 2 saturated heterocycles. The van der Waals surface area contributed by atoms with E-state index in [4.69, 9.17) is 9.47 Å². The zero-order chi connectivity index (χ0) is 20.4. The van der Waals surface area contributed by atoms with Gasteiger partial charge in [0.2, 0.25) is 10.0 Å². The first kappa shape index (κ1) is 21.1. The van der Waals surface area contributed by atoms with Crippen molar-refractivity contribution < 1.29 is 22.7 Å². The van der Waals surface area contributed by atoms with Crippen LogP contribution >= 0.6 is 0 Å². The lowest BCUT2D eigenvalue weighted by Gasteiger charge is -2.31. The molecule has 3 rings (SSSR count). The van der Waals surface area contributed by atoms with Crippen molar-refractivity contribution in [2.24, 2.45) is 11.3 Å². The molecule has 2 atom stereocenters. The molecule has 0 bridgehead atoms. The van der Waals surface area contributed by atoms with Crippen LogP contribution < -0.4 is 4.74 Å². The van der Waals surface area contributed by atoms with E-state index in [1.54, 1.807) is 14.0 Å². The Labute approximate surface area is 167 Å². The standard InChI is InChI=1S/C20H30N2O5S/c1-4-27-19(23)20-10-5-11-21(12-16-6-8-18(26-2)9-7-16)13-17(20)14-22(15-20)28(3,24)25/h6-9,17H,4-5,10-15H2,1-3H3/t17-,20-/m0/s1. The largest absolute Gasteiger partial charge is 0.497 e. The van der Waals surface area contributed by atoms with Gasteiger partial charge in [0.1, 0.15) is 5.75 Å². The van der Waals surface area contributed by atoms with Crippen molar-refractivity contribution in [2.45, 2.75) is 26.3 Å². The van der Waals surface area contributed by atoms with Gasteiger partial charge in [-0.05, 0) is 44.0 Å². The van der Waals surface area contributed by atoms with Crippen molar-refractivity contribution in [1.29, 1.82) is 0 Å². The molecule has 156 valence electrons. The average molecular weight is 411 g/mol. The lowest BCUT2D eigenvalue weighted by molar-refractivity contribution is -0.157. The number of fused-ring (bicyclic) bond motifs is 1. The van der Waals surface area contributed by atoms with E-state index in [0.717, 1.165) is 25.3 Å². The lowest BCUT2D eigenvalue weighted by atomic mass is 9.75. The van der Waals surface area contributed by atoms with Crippen LogP contribution in [0.25, 0.3) is 0 Å². The van der Waals surface area contributed by atoms with Gasteiger partial charge < -0.3 is 9.47 Å². The summed E-state index contributed by atoms with van der Waals surface area (Å²) in [5.74, 6) is 0.500. The van der Waals surface area contributed by atoms with Gasteiger partial charge in [-0.2, -0.15) is 0 Å². The summed E-state index contributed by atoms with van der Waals surface area (Å²) >= 11 is 0. The quantitative estimate of drug-likeness (QED) is 0.665. The monoisotopic (exact) mass is 410 g/mol. The molecule has 0 saturated carbocycles. The minimum Gasteiger partial charge on any atom is -0.497 e. The molecule has 8 heteroatoms. The van der Waals surface area contributed by atoms with Gasteiger partial charge in [0, 0.05) is 32.1 Å². The van der Waals surface area contributed by atoms with Gasteiger partial charge in [-0.15, -0.1) is 0 Å². The van der Waals surface area contributed by atoms with Crippen LogP contribution in [-0.2, 0) is 26.1 Å². The Bertz CT molecular complexity index is 795. The fourth-order valence-corrected chi connectivity index (χ4v) is 5.37. The molecule has 0 aromatic heterocycles. The normalized spacial score (nSPS) is 26.5. The number of sulfonamides is 1. The third kappa shape index (κ3) is 4.34. The van der Waals surface area contributed by atoms with Crippen LogP contribution in [0.15, 0.2) is 24.3 Å². The summed E-state index contributed by atoms with van der Waals surface area (Å²) in [4.78, 5) is 15.2. The fourth-order valence-electron chi connectivity index (χ4n) is 4.46. The molecule has 0 amide bonds. The van der Waals surface area contributed by atoms with E-state index in [1.807, 2.05) is 24.3 Å². The van der Waals surface area contributed by atoms with Crippen LogP contribution in [-0.4, -0.2) is 69.7 Å². The first-order chi connectivity index (χ1) is 13.3. The summed E-state index contributed by atoms with van der Waals surface area (Å²) in [7, 11) is -1.70. The molecule has 28 heavy (non-hydrogen) atoms. The van der Waals surface area contributed by atoms with E-state index in [1.165, 1.54) is 16.1 Å². The van der Waals surface area contributed by atoms with Crippen LogP contribution in [0.3, 0.4) is 0 Å². The van der Waals surface area contributed by atoms with Crippen LogP contribution in [0.1, 0.15) is 25.3 Å². The number of carbonyl (C=O) groups is 1. The maximum absolute atomic E-state index is 12.9. The van der Waals surface area contributed by atoms with Gasteiger partial charge in [-0.25, -0.2) is 12.7 Å². The number of rotatable bonds is 6. The summed E-state index contributed by atoms with van der Waals surface area (Å²) in [5, 5.41) is 0. The first-order valence-corrected chi connectivity index (χ1v) is 11.6. The average Bonchev–Trinajstić information content (AvgIpc) is 2.94. The van der Waals surface area contributed by atoms with E-state index >= 15 is 0 Å². The second kappa shape index (κ2) is 8.39. The van der Waals surface area contributed by atoms with Gasteiger partial charge in [-0.3, -0.25) is 9.69 Å². The molecule has 2 heterocycles. The molecular formula is C20H30N2O5S. The Hall–Kier alpha value is -1.64. The second-order valence-corrected chi connectivity index (χ2v) is 9.80. The maximum Gasteiger partial charge on any atom is 0.313 e. The van der Waals surface area contributed by atoms with Gasteiger partial charge in [-0.1, -0.05) is 12.1 Å². The summed E-state index contributed by atoms with van der Waals surface area (Å²) < 4.78 is 36.4. The SMILES string of the molecule is CCOC(=O)[C@]12CCCN(Cc3ccc(OC)cc3)C[C@H]1CN(S(C)(=O)=O)C2. The van der Waals surface area contributed by atoms with Gasteiger partial charge >= 0.3 is 5.97 Å². The van der Waals surface area contributed by atoms with Crippen molar-refractivity contribution in [3.05, 3.63) is 29.8 Å². The predicted molar refractivity (Wildman–Crippen MR) is 106 cm³/mol. The molecule has 2 aliphatic rings. The Morgan fingerprint density at radius 1 is 1.25 bits per heavy atom. The Balaban J connectivity index is 1.80. The highest BCUT2D eigenvalue weighted by Crippen LogP contribution is 2.44. The van der Waals surface area contributed by atoms with Gasteiger partial charge in [0.05, 0.1) is 25.4 Å². The molecule has 2 aliphatic heterocycles. The number of nitrogens with zero attached hydrogens (tertiary/aromatic N) is 2. The van der Waals surface area contributed by atoms with Gasteiger partial charge in [0.15, 0.2) is 0 Å². The zero-order valence-corrected chi connectivity index (χ0v) is 17.7. The highest BCUT2D eigenvalue weighted by atomic mass is 32.2. The lowest BCUT2D eigenvalue weighted by Crippen LogP contribution is -2.42. The van der Waals surface area contributed by atoms with Crippen LogP contribution in [0.5, 0.6) is 5.75 Å². The van der Waals surface area contributed by atoms with Crippen molar-refractivity contribution >= 4 is 16.0 Å². The van der Waals surface area contributed by atoms with Crippen molar-refractivity contribution in [3.63, 3.8) is 0 Å². The maximum atomic E-state index is 12.9. The summed E-state index contributed by atoms with van der Waals surface area (Å²) in [5.41, 5.74) is 0.427. The minimum atomic E-state index is -3.35. The van der Waals surface area contributed by atoms with E-state index in [2.05, 4.69) is 4.90 Å². The first-order valence-electron chi connectivity index (χ1n) is 9.76. The summed E-state index contributed by atoms with van der Waals surface area (Å²) in [6.07, 6.45) is 2.71. The van der Waals surface area contributed by atoms with Crippen LogP contribution in [0.4, 0.5) is 0 Å². The molecular weight excluding hydrogens is 380 g/mol. The van der Waals surface area contributed by atoms with Crippen LogP contribution in [0, 0.1) is 11.3 Å². The third-order valence-corrected chi connectivity index (χ3v) is 7.17. The summed E-state index contributed by atoms with van der Waals surface area (Å²) in [6.45, 7) is 5.02. The molecule has 0 unspecified atom stereocenters. The molecule has 2 fully saturated rings. The summed E-state index contributed by atoms with van der Waals surface area (Å²) in [6, 6.07) is 7.97. The smallest absolute Gasteiger partial charge is 0.313 e. The number of hydrogen-bond acceptors (Lipinski definition) is 6. The van der Waals surface area contributed by atoms with Crippen molar-refractivity contribution in [2.75, 3.05) is 46.2 Å². The van der Waals surface area contributed by atoms with E-state index < -0.39 is 15.4 Å². The number of carbonyl (C=O) groups excluding carboxylic acids is 1. The molecule has 0 N–H and O–H groups in total.